The minimum atomic E-state index is 0.723. The molecule has 0 spiro atoms. The minimum absolute atomic E-state index is 0.723. The van der Waals surface area contributed by atoms with E-state index in [1.807, 2.05) is 12.1 Å². The average Bonchev–Trinajstić information content (AvgIpc) is 2.55. The highest BCUT2D eigenvalue weighted by Crippen LogP contribution is 2.27. The van der Waals surface area contributed by atoms with Crippen molar-refractivity contribution < 1.29 is 9.47 Å². The number of ether oxygens (including phenoxy) is 2. The Hall–Kier alpha value is -2.00. The molecule has 0 radical (unpaired) electrons. The van der Waals surface area contributed by atoms with E-state index in [2.05, 4.69) is 55.3 Å². The van der Waals surface area contributed by atoms with E-state index >= 15 is 0 Å². The number of hydrogen-bond acceptors (Lipinski definition) is 3. The lowest BCUT2D eigenvalue weighted by Gasteiger charge is -2.20. The molecule has 0 aliphatic carbocycles. The number of hydrogen-bond donors (Lipinski definition) is 0. The summed E-state index contributed by atoms with van der Waals surface area (Å²) in [6.07, 6.45) is 2.03. The zero-order valence-corrected chi connectivity index (χ0v) is 13.7. The van der Waals surface area contributed by atoms with Crippen LogP contribution in [0.15, 0.2) is 48.5 Å². The normalized spacial score (nSPS) is 10.5. The molecule has 3 heteroatoms. The zero-order valence-electron chi connectivity index (χ0n) is 13.7. The molecule has 0 bridgehead atoms. The number of methoxy groups -OCH3 is 1. The van der Waals surface area contributed by atoms with Crippen molar-refractivity contribution >= 4 is 11.4 Å². The summed E-state index contributed by atoms with van der Waals surface area (Å²) in [4.78, 5) is 2.16. The molecule has 3 nitrogen and oxygen atoms in total. The monoisotopic (exact) mass is 299 g/mol. The van der Waals surface area contributed by atoms with Gasteiger partial charge in [0.25, 0.3) is 0 Å². The lowest BCUT2D eigenvalue weighted by atomic mass is 10.2. The number of unbranched alkanes of at least 4 members (excludes halogenated alkanes) is 1. The molecule has 0 N–H and O–H groups in total. The van der Waals surface area contributed by atoms with Crippen LogP contribution in [0.3, 0.4) is 0 Å². The lowest BCUT2D eigenvalue weighted by molar-refractivity contribution is 0.184. The highest BCUT2D eigenvalue weighted by atomic mass is 16.5. The first-order valence-corrected chi connectivity index (χ1v) is 7.73. The quantitative estimate of drug-likeness (QED) is 0.667. The summed E-state index contributed by atoms with van der Waals surface area (Å²) in [7, 11) is 3.80. The van der Waals surface area contributed by atoms with Crippen LogP contribution in [0.25, 0.3) is 0 Å². The second-order valence-corrected chi connectivity index (χ2v) is 5.44. The van der Waals surface area contributed by atoms with E-state index in [9.17, 15) is 0 Å². The van der Waals surface area contributed by atoms with Crippen LogP contribution in [0.4, 0.5) is 11.4 Å². The van der Waals surface area contributed by atoms with Crippen LogP contribution in [0.5, 0.6) is 5.75 Å². The van der Waals surface area contributed by atoms with Crippen molar-refractivity contribution in [2.75, 3.05) is 32.3 Å². The van der Waals surface area contributed by atoms with Gasteiger partial charge in [0.05, 0.1) is 6.61 Å². The van der Waals surface area contributed by atoms with Crippen LogP contribution in [0.1, 0.15) is 18.4 Å². The molecule has 2 rings (SSSR count). The molecule has 22 heavy (non-hydrogen) atoms. The molecule has 0 atom stereocenters. The largest absolute Gasteiger partial charge is 0.494 e. The number of nitrogens with zero attached hydrogens (tertiary/aromatic N) is 1. The zero-order chi connectivity index (χ0) is 15.8. The minimum Gasteiger partial charge on any atom is -0.494 e. The molecule has 0 unspecified atom stereocenters. The molecule has 0 saturated carbocycles. The predicted molar refractivity (Wildman–Crippen MR) is 92.3 cm³/mol. The summed E-state index contributed by atoms with van der Waals surface area (Å²) in [5.41, 5.74) is 3.56. The Bertz CT molecular complexity index is 566. The maximum atomic E-state index is 5.82. The predicted octanol–water partition coefficient (Wildman–Crippen LogP) is 4.57. The lowest BCUT2D eigenvalue weighted by Crippen LogP contribution is -2.09. The first-order valence-electron chi connectivity index (χ1n) is 7.73. The van der Waals surface area contributed by atoms with Crippen LogP contribution in [-0.2, 0) is 4.74 Å². The number of anilines is 2. The molecule has 2 aromatic carbocycles. The van der Waals surface area contributed by atoms with Gasteiger partial charge in [-0.2, -0.15) is 0 Å². The van der Waals surface area contributed by atoms with Crippen LogP contribution in [0.2, 0.25) is 0 Å². The maximum absolute atomic E-state index is 5.82. The van der Waals surface area contributed by atoms with E-state index in [4.69, 9.17) is 9.47 Å². The van der Waals surface area contributed by atoms with Gasteiger partial charge < -0.3 is 14.4 Å². The van der Waals surface area contributed by atoms with Gasteiger partial charge >= 0.3 is 0 Å². The second kappa shape index (κ2) is 8.44. The third-order valence-corrected chi connectivity index (χ3v) is 3.64. The topological polar surface area (TPSA) is 21.7 Å². The Kier molecular flexibility index (Phi) is 6.28. The first kappa shape index (κ1) is 16.4. The fourth-order valence-electron chi connectivity index (χ4n) is 2.24. The smallest absolute Gasteiger partial charge is 0.121 e. The molecule has 0 heterocycles. The number of aryl methyl sites for hydroxylation is 1. The molecule has 118 valence electrons. The molecule has 0 aromatic heterocycles. The molecule has 0 saturated heterocycles. The summed E-state index contributed by atoms with van der Waals surface area (Å²) >= 11 is 0. The van der Waals surface area contributed by atoms with Crippen molar-refractivity contribution in [3.63, 3.8) is 0 Å². The van der Waals surface area contributed by atoms with E-state index in [-0.39, 0.29) is 0 Å². The Morgan fingerprint density at radius 1 is 0.909 bits per heavy atom. The fourth-order valence-corrected chi connectivity index (χ4v) is 2.24. The third kappa shape index (κ3) is 4.78. The van der Waals surface area contributed by atoms with Gasteiger partial charge in [-0.25, -0.2) is 0 Å². The number of benzene rings is 2. The van der Waals surface area contributed by atoms with Gasteiger partial charge in [-0.05, 0) is 44.0 Å². The van der Waals surface area contributed by atoms with Crippen molar-refractivity contribution in [1.29, 1.82) is 0 Å². The van der Waals surface area contributed by atoms with E-state index in [1.165, 1.54) is 11.3 Å². The van der Waals surface area contributed by atoms with Crippen LogP contribution in [0, 0.1) is 6.92 Å². The Balaban J connectivity index is 1.96. The highest BCUT2D eigenvalue weighted by Gasteiger charge is 2.05. The van der Waals surface area contributed by atoms with Crippen molar-refractivity contribution in [3.05, 3.63) is 54.1 Å². The molecule has 0 amide bonds. The van der Waals surface area contributed by atoms with Crippen LogP contribution < -0.4 is 9.64 Å². The molecular weight excluding hydrogens is 274 g/mol. The van der Waals surface area contributed by atoms with Gasteiger partial charge in [0.1, 0.15) is 5.75 Å². The molecule has 0 aliphatic rings. The van der Waals surface area contributed by atoms with Gasteiger partial charge in [0, 0.05) is 38.2 Å². The summed E-state index contributed by atoms with van der Waals surface area (Å²) in [5.74, 6) is 0.911. The molecule has 0 fully saturated rings. The standard InChI is InChI=1S/C19H25NO2/c1-16-9-11-17(12-10-16)20(2)18-7-6-8-19(15-18)22-14-5-4-13-21-3/h6-12,15H,4-5,13-14H2,1-3H3. The maximum Gasteiger partial charge on any atom is 0.121 e. The molecular formula is C19H25NO2. The van der Waals surface area contributed by atoms with E-state index in [0.29, 0.717) is 0 Å². The Morgan fingerprint density at radius 2 is 1.64 bits per heavy atom. The second-order valence-electron chi connectivity index (χ2n) is 5.44. The average molecular weight is 299 g/mol. The van der Waals surface area contributed by atoms with E-state index in [1.54, 1.807) is 7.11 Å². The molecule has 2 aromatic rings. The van der Waals surface area contributed by atoms with Gasteiger partial charge in [0.2, 0.25) is 0 Å². The number of rotatable bonds is 8. The fraction of sp³-hybridized carbons (Fsp3) is 0.368. The van der Waals surface area contributed by atoms with E-state index in [0.717, 1.165) is 37.5 Å². The summed E-state index contributed by atoms with van der Waals surface area (Å²) in [6.45, 7) is 3.61. The highest BCUT2D eigenvalue weighted by molar-refractivity contribution is 5.63. The SMILES string of the molecule is COCCCCOc1cccc(N(C)c2ccc(C)cc2)c1. The first-order chi connectivity index (χ1) is 10.7. The van der Waals surface area contributed by atoms with Gasteiger partial charge in [-0.1, -0.05) is 23.8 Å². The van der Waals surface area contributed by atoms with Crippen LogP contribution >= 0.6 is 0 Å². The molecule has 0 aliphatic heterocycles. The van der Waals surface area contributed by atoms with Gasteiger partial charge in [0.15, 0.2) is 0 Å². The summed E-state index contributed by atoms with van der Waals surface area (Å²) in [6, 6.07) is 16.7. The van der Waals surface area contributed by atoms with Gasteiger partial charge in [-0.3, -0.25) is 0 Å². The van der Waals surface area contributed by atoms with Crippen molar-refractivity contribution in [3.8, 4) is 5.75 Å². The van der Waals surface area contributed by atoms with Crippen molar-refractivity contribution in [1.82, 2.24) is 0 Å². The van der Waals surface area contributed by atoms with E-state index < -0.39 is 0 Å². The van der Waals surface area contributed by atoms with Crippen molar-refractivity contribution in [2.24, 2.45) is 0 Å². The summed E-state index contributed by atoms with van der Waals surface area (Å²) < 4.78 is 10.9. The Labute approximate surface area is 133 Å². The van der Waals surface area contributed by atoms with Crippen molar-refractivity contribution in [2.45, 2.75) is 19.8 Å². The summed E-state index contributed by atoms with van der Waals surface area (Å²) in [5, 5.41) is 0. The Morgan fingerprint density at radius 3 is 2.36 bits per heavy atom. The third-order valence-electron chi connectivity index (χ3n) is 3.64. The van der Waals surface area contributed by atoms with Gasteiger partial charge in [-0.15, -0.1) is 0 Å². The van der Waals surface area contributed by atoms with Crippen LogP contribution in [-0.4, -0.2) is 27.4 Å².